The smallest absolute Gasteiger partial charge is 0.410 e. The van der Waals surface area contributed by atoms with Gasteiger partial charge in [-0.05, 0) is 27.2 Å². The third-order valence-corrected chi connectivity index (χ3v) is 2.58. The fourth-order valence-electron chi connectivity index (χ4n) is 1.72. The Morgan fingerprint density at radius 1 is 1.39 bits per heavy atom. The molecule has 1 rings (SSSR count). The summed E-state index contributed by atoms with van der Waals surface area (Å²) >= 11 is 0. The maximum Gasteiger partial charge on any atom is 0.410 e. The summed E-state index contributed by atoms with van der Waals surface area (Å²) in [5.41, 5.74) is -0.662. The van der Waals surface area contributed by atoms with Gasteiger partial charge in [0.1, 0.15) is 5.60 Å². The van der Waals surface area contributed by atoms with E-state index >= 15 is 0 Å². The summed E-state index contributed by atoms with van der Waals surface area (Å²) in [7, 11) is 0. The van der Waals surface area contributed by atoms with Crippen LogP contribution in [0.15, 0.2) is 0 Å². The summed E-state index contributed by atoms with van der Waals surface area (Å²) in [4.78, 5) is 35.5. The van der Waals surface area contributed by atoms with Gasteiger partial charge in [0.25, 0.3) is 0 Å². The third kappa shape index (κ3) is 4.35. The first-order valence-corrected chi connectivity index (χ1v) is 5.91. The topological polar surface area (TPSA) is 83.9 Å². The van der Waals surface area contributed by atoms with Crippen molar-refractivity contribution in [2.75, 3.05) is 13.1 Å². The number of carbonyl (C=O) groups is 3. The van der Waals surface area contributed by atoms with E-state index in [1.165, 1.54) is 4.90 Å². The van der Waals surface area contributed by atoms with Crippen LogP contribution in [0.2, 0.25) is 0 Å². The molecule has 1 fully saturated rings. The number of ketones is 1. The highest BCUT2D eigenvalue weighted by molar-refractivity contribution is 5.85. The van der Waals surface area contributed by atoms with E-state index in [1.54, 1.807) is 20.8 Å². The lowest BCUT2D eigenvalue weighted by Crippen LogP contribution is -2.41. The van der Waals surface area contributed by atoms with Crippen LogP contribution in [0.5, 0.6) is 0 Å². The first kappa shape index (κ1) is 14.5. The summed E-state index contributed by atoms with van der Waals surface area (Å²) in [5, 5.41) is 8.99. The van der Waals surface area contributed by atoms with Crippen LogP contribution in [-0.4, -0.2) is 46.5 Å². The van der Waals surface area contributed by atoms with Crippen molar-refractivity contribution in [3.8, 4) is 0 Å². The van der Waals surface area contributed by atoms with E-state index in [2.05, 4.69) is 0 Å². The van der Waals surface area contributed by atoms with Gasteiger partial charge in [-0.2, -0.15) is 0 Å². The largest absolute Gasteiger partial charge is 0.481 e. The van der Waals surface area contributed by atoms with E-state index in [1.807, 2.05) is 0 Å². The molecule has 1 amide bonds. The number of likely N-dealkylation sites (tertiary alicyclic amines) is 1. The molecular weight excluding hydrogens is 238 g/mol. The summed E-state index contributed by atoms with van der Waals surface area (Å²) < 4.78 is 5.15. The van der Waals surface area contributed by atoms with Gasteiger partial charge in [-0.15, -0.1) is 0 Å². The van der Waals surface area contributed by atoms with Crippen LogP contribution in [0.1, 0.15) is 33.6 Å². The van der Waals surface area contributed by atoms with Crippen LogP contribution in [0, 0.1) is 5.92 Å². The van der Waals surface area contributed by atoms with E-state index in [9.17, 15) is 14.4 Å². The van der Waals surface area contributed by atoms with E-state index in [0.29, 0.717) is 0 Å². The monoisotopic (exact) mass is 257 g/mol. The number of hydrogen-bond donors (Lipinski definition) is 1. The predicted octanol–water partition coefficient (Wildman–Crippen LogP) is 1.29. The second kappa shape index (κ2) is 5.37. The SMILES string of the molecule is CC(C)(C)OC(=O)N1CC(=O)CC[C@@H](C(=O)O)C1. The van der Waals surface area contributed by atoms with Gasteiger partial charge in [-0.3, -0.25) is 9.59 Å². The zero-order valence-corrected chi connectivity index (χ0v) is 10.9. The van der Waals surface area contributed by atoms with Crippen molar-refractivity contribution in [1.29, 1.82) is 0 Å². The minimum absolute atomic E-state index is 0.0238. The van der Waals surface area contributed by atoms with Crippen molar-refractivity contribution < 1.29 is 24.2 Å². The quantitative estimate of drug-likeness (QED) is 0.765. The molecule has 0 aliphatic carbocycles. The lowest BCUT2D eigenvalue weighted by molar-refractivity contribution is -0.142. The molecule has 1 aliphatic heterocycles. The standard InChI is InChI=1S/C12H19NO5/c1-12(2,3)18-11(17)13-6-8(10(15)16)4-5-9(14)7-13/h8H,4-7H2,1-3H3,(H,15,16)/t8-/m1/s1. The van der Waals surface area contributed by atoms with Crippen LogP contribution in [0.4, 0.5) is 4.79 Å². The number of rotatable bonds is 1. The number of hydrogen-bond acceptors (Lipinski definition) is 4. The number of carboxylic acids is 1. The lowest BCUT2D eigenvalue weighted by atomic mass is 10.0. The molecular formula is C12H19NO5. The molecule has 0 aromatic rings. The van der Waals surface area contributed by atoms with Crippen molar-refractivity contribution in [3.63, 3.8) is 0 Å². The summed E-state index contributed by atoms with van der Waals surface area (Å²) in [5.74, 6) is -1.83. The molecule has 18 heavy (non-hydrogen) atoms. The fraction of sp³-hybridized carbons (Fsp3) is 0.750. The molecule has 0 aromatic heterocycles. The molecule has 1 heterocycles. The number of ether oxygens (including phenoxy) is 1. The minimum Gasteiger partial charge on any atom is -0.481 e. The molecule has 6 nitrogen and oxygen atoms in total. The summed E-state index contributed by atoms with van der Waals surface area (Å²) in [6.45, 7) is 5.12. The number of carbonyl (C=O) groups excluding carboxylic acids is 2. The van der Waals surface area contributed by atoms with Crippen molar-refractivity contribution in [2.24, 2.45) is 5.92 Å². The van der Waals surface area contributed by atoms with Crippen LogP contribution in [0.25, 0.3) is 0 Å². The molecule has 1 N–H and O–H groups in total. The Kier molecular flexibility index (Phi) is 4.32. The summed E-state index contributed by atoms with van der Waals surface area (Å²) in [6, 6.07) is 0. The highest BCUT2D eigenvalue weighted by Crippen LogP contribution is 2.17. The molecule has 0 radical (unpaired) electrons. The second-order valence-corrected chi connectivity index (χ2v) is 5.47. The van der Waals surface area contributed by atoms with Gasteiger partial charge < -0.3 is 14.7 Å². The maximum atomic E-state index is 11.8. The molecule has 0 aromatic carbocycles. The highest BCUT2D eigenvalue weighted by Gasteiger charge is 2.31. The zero-order chi connectivity index (χ0) is 13.9. The maximum absolute atomic E-state index is 11.8. The molecule has 1 saturated heterocycles. The third-order valence-electron chi connectivity index (χ3n) is 2.58. The van der Waals surface area contributed by atoms with Gasteiger partial charge in [0.15, 0.2) is 5.78 Å². The van der Waals surface area contributed by atoms with E-state index < -0.39 is 23.6 Å². The number of aliphatic carboxylic acids is 1. The normalized spacial score (nSPS) is 21.4. The Balaban J connectivity index is 2.75. The average molecular weight is 257 g/mol. The molecule has 0 bridgehead atoms. The molecule has 6 heteroatoms. The lowest BCUT2D eigenvalue weighted by Gasteiger charge is -2.27. The van der Waals surface area contributed by atoms with Crippen molar-refractivity contribution >= 4 is 17.8 Å². The van der Waals surface area contributed by atoms with E-state index in [0.717, 1.165) is 0 Å². The molecule has 0 saturated carbocycles. The molecule has 0 spiro atoms. The average Bonchev–Trinajstić information content (AvgIpc) is 2.37. The van der Waals surface area contributed by atoms with Crippen LogP contribution < -0.4 is 0 Å². The Labute approximate surface area is 106 Å². The van der Waals surface area contributed by atoms with Crippen molar-refractivity contribution in [2.45, 2.75) is 39.2 Å². The number of carboxylic acid groups (broad SMARTS) is 1. The van der Waals surface area contributed by atoms with Gasteiger partial charge >= 0.3 is 12.1 Å². The van der Waals surface area contributed by atoms with Crippen LogP contribution >= 0.6 is 0 Å². The van der Waals surface area contributed by atoms with E-state index in [4.69, 9.17) is 9.84 Å². The minimum atomic E-state index is -0.988. The molecule has 102 valence electrons. The predicted molar refractivity (Wildman–Crippen MR) is 63.2 cm³/mol. The van der Waals surface area contributed by atoms with Gasteiger partial charge in [-0.1, -0.05) is 0 Å². The number of Topliss-reactive ketones (excluding diaryl/α,β-unsaturated/α-hetero) is 1. The highest BCUT2D eigenvalue weighted by atomic mass is 16.6. The van der Waals surface area contributed by atoms with E-state index in [-0.39, 0.29) is 31.7 Å². The van der Waals surface area contributed by atoms with Crippen LogP contribution in [0.3, 0.4) is 0 Å². The molecule has 0 unspecified atom stereocenters. The summed E-state index contributed by atoms with van der Waals surface area (Å²) in [6.07, 6.45) is -0.173. The molecule has 1 aliphatic rings. The zero-order valence-electron chi connectivity index (χ0n) is 10.9. The number of nitrogens with zero attached hydrogens (tertiary/aromatic N) is 1. The Hall–Kier alpha value is -1.59. The van der Waals surface area contributed by atoms with Gasteiger partial charge in [0, 0.05) is 13.0 Å². The fourth-order valence-corrected chi connectivity index (χ4v) is 1.72. The Morgan fingerprint density at radius 2 is 2.00 bits per heavy atom. The van der Waals surface area contributed by atoms with Crippen molar-refractivity contribution in [1.82, 2.24) is 4.90 Å². The van der Waals surface area contributed by atoms with Crippen LogP contribution in [-0.2, 0) is 14.3 Å². The van der Waals surface area contributed by atoms with Gasteiger partial charge in [-0.25, -0.2) is 4.79 Å². The van der Waals surface area contributed by atoms with Gasteiger partial charge in [0.05, 0.1) is 12.5 Å². The first-order valence-electron chi connectivity index (χ1n) is 5.91. The van der Waals surface area contributed by atoms with Gasteiger partial charge in [0.2, 0.25) is 0 Å². The Morgan fingerprint density at radius 3 is 2.50 bits per heavy atom. The second-order valence-electron chi connectivity index (χ2n) is 5.47. The molecule has 1 atom stereocenters. The Bertz CT molecular complexity index is 358. The van der Waals surface area contributed by atoms with Crippen molar-refractivity contribution in [3.05, 3.63) is 0 Å². The first-order chi connectivity index (χ1) is 8.19. The number of amides is 1.